The topological polar surface area (TPSA) is 80.3 Å². The molecule has 2 aliphatic heterocycles. The van der Waals surface area contributed by atoms with Crippen LogP contribution in [0.2, 0.25) is 0 Å². The van der Waals surface area contributed by atoms with Gasteiger partial charge in [0, 0.05) is 38.6 Å². The lowest BCUT2D eigenvalue weighted by Gasteiger charge is -2.35. The smallest absolute Gasteiger partial charge is 0.317 e. The average molecular weight is 391 g/mol. The molecule has 154 valence electrons. The normalized spacial score (nSPS) is 17.9. The van der Waals surface area contributed by atoms with Gasteiger partial charge >= 0.3 is 6.03 Å². The summed E-state index contributed by atoms with van der Waals surface area (Å²) in [5.74, 6) is 1.50. The van der Waals surface area contributed by atoms with Crippen molar-refractivity contribution < 1.29 is 23.8 Å². The van der Waals surface area contributed by atoms with Crippen LogP contribution in [0.3, 0.4) is 0 Å². The number of nitrogens with zero attached hydrogens (tertiary/aromatic N) is 2. The molecule has 2 fully saturated rings. The first-order valence-corrected chi connectivity index (χ1v) is 9.72. The minimum Gasteiger partial charge on any atom is -0.493 e. The summed E-state index contributed by atoms with van der Waals surface area (Å²) in [6, 6.07) is 5.47. The van der Waals surface area contributed by atoms with Crippen molar-refractivity contribution >= 4 is 11.9 Å². The van der Waals surface area contributed by atoms with E-state index in [4.69, 9.17) is 14.2 Å². The first kappa shape index (κ1) is 20.3. The summed E-state index contributed by atoms with van der Waals surface area (Å²) in [7, 11) is 3.18. The number of amides is 3. The Morgan fingerprint density at radius 2 is 1.71 bits per heavy atom. The fourth-order valence-corrected chi connectivity index (χ4v) is 3.65. The first-order chi connectivity index (χ1) is 13.6. The Morgan fingerprint density at radius 1 is 1.04 bits per heavy atom. The molecule has 3 amide bonds. The fraction of sp³-hybridized carbons (Fsp3) is 0.600. The Hall–Kier alpha value is -2.48. The van der Waals surface area contributed by atoms with Gasteiger partial charge in [-0.05, 0) is 30.5 Å². The summed E-state index contributed by atoms with van der Waals surface area (Å²) >= 11 is 0. The number of benzene rings is 1. The molecule has 1 N–H and O–H groups in total. The van der Waals surface area contributed by atoms with Crippen molar-refractivity contribution in [2.45, 2.75) is 19.4 Å². The summed E-state index contributed by atoms with van der Waals surface area (Å²) in [6.07, 6.45) is 1.42. The number of hydrogen-bond acceptors (Lipinski definition) is 5. The lowest BCUT2D eigenvalue weighted by Crippen LogP contribution is -2.49. The molecule has 3 rings (SSSR count). The van der Waals surface area contributed by atoms with Crippen LogP contribution in [0.1, 0.15) is 18.4 Å². The number of carbonyl (C=O) groups is 2. The van der Waals surface area contributed by atoms with Gasteiger partial charge in [0.15, 0.2) is 11.5 Å². The Balaban J connectivity index is 1.45. The zero-order valence-corrected chi connectivity index (χ0v) is 16.6. The van der Waals surface area contributed by atoms with E-state index < -0.39 is 0 Å². The number of hydrogen-bond donors (Lipinski definition) is 1. The predicted octanol–water partition coefficient (Wildman–Crippen LogP) is 1.48. The SMILES string of the molecule is COc1ccc(CNC(=O)N2CCC(C(=O)N3CCOCC3)CC2)cc1OC. The summed E-state index contributed by atoms with van der Waals surface area (Å²) in [5.41, 5.74) is 0.934. The highest BCUT2D eigenvalue weighted by Crippen LogP contribution is 2.27. The van der Waals surface area contributed by atoms with Crippen LogP contribution in [-0.2, 0) is 16.1 Å². The third kappa shape index (κ3) is 4.86. The molecule has 0 bridgehead atoms. The number of rotatable bonds is 5. The van der Waals surface area contributed by atoms with Crippen LogP contribution in [0.5, 0.6) is 11.5 Å². The average Bonchev–Trinajstić information content (AvgIpc) is 2.77. The van der Waals surface area contributed by atoms with Crippen molar-refractivity contribution in [3.8, 4) is 11.5 Å². The highest BCUT2D eigenvalue weighted by molar-refractivity contribution is 5.80. The third-order valence-electron chi connectivity index (χ3n) is 5.35. The Bertz CT molecular complexity index is 682. The first-order valence-electron chi connectivity index (χ1n) is 9.72. The quantitative estimate of drug-likeness (QED) is 0.823. The second kappa shape index (κ2) is 9.64. The Morgan fingerprint density at radius 3 is 2.36 bits per heavy atom. The van der Waals surface area contributed by atoms with Gasteiger partial charge in [0.1, 0.15) is 0 Å². The van der Waals surface area contributed by atoms with Crippen molar-refractivity contribution in [3.05, 3.63) is 23.8 Å². The fourth-order valence-electron chi connectivity index (χ4n) is 3.65. The molecule has 0 saturated carbocycles. The monoisotopic (exact) mass is 391 g/mol. The van der Waals surface area contributed by atoms with E-state index in [0.717, 1.165) is 5.56 Å². The van der Waals surface area contributed by atoms with Gasteiger partial charge in [-0.1, -0.05) is 6.07 Å². The Kier molecular flexibility index (Phi) is 6.97. The van der Waals surface area contributed by atoms with Crippen molar-refractivity contribution in [2.75, 3.05) is 53.6 Å². The van der Waals surface area contributed by atoms with Gasteiger partial charge in [-0.2, -0.15) is 0 Å². The van der Waals surface area contributed by atoms with Crippen LogP contribution in [0.15, 0.2) is 18.2 Å². The number of methoxy groups -OCH3 is 2. The molecule has 0 aromatic heterocycles. The second-order valence-electron chi connectivity index (χ2n) is 7.05. The largest absolute Gasteiger partial charge is 0.493 e. The lowest BCUT2D eigenvalue weighted by atomic mass is 9.95. The molecule has 0 aliphatic carbocycles. The molecule has 0 radical (unpaired) electrons. The van der Waals surface area contributed by atoms with E-state index in [1.54, 1.807) is 19.1 Å². The minimum absolute atomic E-state index is 0.00741. The number of piperidine rings is 1. The van der Waals surface area contributed by atoms with Crippen LogP contribution in [-0.4, -0.2) is 75.4 Å². The van der Waals surface area contributed by atoms with Gasteiger partial charge in [-0.25, -0.2) is 4.79 Å². The van der Waals surface area contributed by atoms with E-state index in [0.29, 0.717) is 70.3 Å². The summed E-state index contributed by atoms with van der Waals surface area (Å²) < 4.78 is 15.8. The van der Waals surface area contributed by atoms with E-state index in [1.165, 1.54) is 0 Å². The molecular weight excluding hydrogens is 362 g/mol. The van der Waals surface area contributed by atoms with E-state index in [-0.39, 0.29) is 17.9 Å². The molecule has 0 atom stereocenters. The molecule has 2 heterocycles. The van der Waals surface area contributed by atoms with E-state index >= 15 is 0 Å². The number of carbonyl (C=O) groups excluding carboxylic acids is 2. The maximum absolute atomic E-state index is 12.6. The van der Waals surface area contributed by atoms with Crippen LogP contribution in [0.4, 0.5) is 4.79 Å². The molecule has 8 heteroatoms. The molecule has 1 aromatic rings. The second-order valence-corrected chi connectivity index (χ2v) is 7.05. The molecule has 0 unspecified atom stereocenters. The maximum atomic E-state index is 12.6. The van der Waals surface area contributed by atoms with E-state index in [9.17, 15) is 9.59 Å². The van der Waals surface area contributed by atoms with Crippen molar-refractivity contribution in [2.24, 2.45) is 5.92 Å². The number of ether oxygens (including phenoxy) is 3. The summed E-state index contributed by atoms with van der Waals surface area (Å²) in [6.45, 7) is 4.17. The van der Waals surface area contributed by atoms with Gasteiger partial charge in [-0.3, -0.25) is 4.79 Å². The maximum Gasteiger partial charge on any atom is 0.317 e. The predicted molar refractivity (Wildman–Crippen MR) is 103 cm³/mol. The van der Waals surface area contributed by atoms with Gasteiger partial charge < -0.3 is 29.3 Å². The number of likely N-dealkylation sites (tertiary alicyclic amines) is 1. The third-order valence-corrected chi connectivity index (χ3v) is 5.35. The number of nitrogens with one attached hydrogen (secondary N) is 1. The van der Waals surface area contributed by atoms with Gasteiger partial charge in [0.25, 0.3) is 0 Å². The summed E-state index contributed by atoms with van der Waals surface area (Å²) in [5, 5.41) is 2.94. The molecule has 1 aromatic carbocycles. The summed E-state index contributed by atoms with van der Waals surface area (Å²) in [4.78, 5) is 28.7. The van der Waals surface area contributed by atoms with Crippen LogP contribution in [0.25, 0.3) is 0 Å². The van der Waals surface area contributed by atoms with Crippen LogP contribution >= 0.6 is 0 Å². The molecular formula is C20H29N3O5. The molecule has 2 aliphatic rings. The van der Waals surface area contributed by atoms with E-state index in [2.05, 4.69) is 5.32 Å². The van der Waals surface area contributed by atoms with Gasteiger partial charge in [-0.15, -0.1) is 0 Å². The molecule has 28 heavy (non-hydrogen) atoms. The lowest BCUT2D eigenvalue weighted by molar-refractivity contribution is -0.141. The zero-order valence-electron chi connectivity index (χ0n) is 16.6. The minimum atomic E-state index is -0.105. The number of urea groups is 1. The highest BCUT2D eigenvalue weighted by Gasteiger charge is 2.30. The van der Waals surface area contributed by atoms with Crippen LogP contribution < -0.4 is 14.8 Å². The Labute approximate surface area is 165 Å². The van der Waals surface area contributed by atoms with Crippen molar-refractivity contribution in [1.29, 1.82) is 0 Å². The zero-order chi connectivity index (χ0) is 19.9. The standard InChI is InChI=1S/C20H29N3O5/c1-26-17-4-3-15(13-18(17)27-2)14-21-20(25)23-7-5-16(6-8-23)19(24)22-9-11-28-12-10-22/h3-4,13,16H,5-12,14H2,1-2H3,(H,21,25). The van der Waals surface area contributed by atoms with Gasteiger partial charge in [0.05, 0.1) is 27.4 Å². The van der Waals surface area contributed by atoms with Crippen molar-refractivity contribution in [1.82, 2.24) is 15.1 Å². The molecule has 2 saturated heterocycles. The van der Waals surface area contributed by atoms with Crippen molar-refractivity contribution in [3.63, 3.8) is 0 Å². The molecule has 0 spiro atoms. The number of morpholine rings is 1. The van der Waals surface area contributed by atoms with Crippen LogP contribution in [0, 0.1) is 5.92 Å². The van der Waals surface area contributed by atoms with E-state index in [1.807, 2.05) is 23.1 Å². The molecule has 8 nitrogen and oxygen atoms in total. The van der Waals surface area contributed by atoms with Gasteiger partial charge in [0.2, 0.25) is 5.91 Å². The highest BCUT2D eigenvalue weighted by atomic mass is 16.5.